The van der Waals surface area contributed by atoms with Crippen molar-refractivity contribution in [1.82, 2.24) is 9.88 Å². The highest BCUT2D eigenvalue weighted by Crippen LogP contribution is 2.24. The zero-order chi connectivity index (χ0) is 20.3. The molecule has 0 aliphatic rings. The molecule has 0 saturated carbocycles. The van der Waals surface area contributed by atoms with E-state index in [-0.39, 0.29) is 24.5 Å². The van der Waals surface area contributed by atoms with E-state index in [0.29, 0.717) is 5.75 Å². The zero-order valence-corrected chi connectivity index (χ0v) is 16.9. The fourth-order valence-electron chi connectivity index (χ4n) is 3.09. The number of aromatic nitrogens is 1. The van der Waals surface area contributed by atoms with Gasteiger partial charge in [-0.2, -0.15) is 0 Å². The third kappa shape index (κ3) is 4.73. The van der Waals surface area contributed by atoms with Gasteiger partial charge in [-0.25, -0.2) is 0 Å². The molecular formula is C23H28N2O3. The minimum atomic E-state index is -0.764. The standard InChI is InChI=1S/C23H28N2O3/c1-23(2,3)18-6-8-19(9-7-18)28-15-22(27)24-14-21(26)17-5-10-20-16(13-17)11-12-25(20)4/h5-13,21,26H,14-15H2,1-4H3,(H,24,27). The Morgan fingerprint density at radius 3 is 2.54 bits per heavy atom. The number of nitrogens with one attached hydrogen (secondary N) is 1. The average molecular weight is 380 g/mol. The van der Waals surface area contributed by atoms with Crippen LogP contribution in [0.25, 0.3) is 10.9 Å². The quantitative estimate of drug-likeness (QED) is 0.685. The Kier molecular flexibility index (Phi) is 5.75. The van der Waals surface area contributed by atoms with Crippen LogP contribution in [0.2, 0.25) is 0 Å². The lowest BCUT2D eigenvalue weighted by Crippen LogP contribution is -2.32. The van der Waals surface area contributed by atoms with Crippen molar-refractivity contribution < 1.29 is 14.6 Å². The number of aliphatic hydroxyl groups is 1. The number of aryl methyl sites for hydroxylation is 1. The summed E-state index contributed by atoms with van der Waals surface area (Å²) in [6.45, 7) is 6.51. The SMILES string of the molecule is Cn1ccc2cc(C(O)CNC(=O)COc3ccc(C(C)(C)C)cc3)ccc21. The van der Waals surface area contributed by atoms with Crippen molar-refractivity contribution in [3.05, 3.63) is 65.9 Å². The van der Waals surface area contributed by atoms with Crippen molar-refractivity contribution in [2.75, 3.05) is 13.2 Å². The Morgan fingerprint density at radius 2 is 1.86 bits per heavy atom. The van der Waals surface area contributed by atoms with Crippen molar-refractivity contribution in [1.29, 1.82) is 0 Å². The van der Waals surface area contributed by atoms with Crippen molar-refractivity contribution in [3.63, 3.8) is 0 Å². The van der Waals surface area contributed by atoms with E-state index in [9.17, 15) is 9.90 Å². The predicted octanol–water partition coefficient (Wildman–Crippen LogP) is 3.70. The van der Waals surface area contributed by atoms with Crippen LogP contribution in [0.3, 0.4) is 0 Å². The Labute approximate surface area is 165 Å². The maximum atomic E-state index is 12.0. The van der Waals surface area contributed by atoms with E-state index < -0.39 is 6.10 Å². The second-order valence-corrected chi connectivity index (χ2v) is 8.13. The van der Waals surface area contributed by atoms with E-state index >= 15 is 0 Å². The van der Waals surface area contributed by atoms with Crippen LogP contribution in [0, 0.1) is 0 Å². The van der Waals surface area contributed by atoms with Crippen molar-refractivity contribution in [2.45, 2.75) is 32.3 Å². The van der Waals surface area contributed by atoms with Gasteiger partial charge in [-0.05, 0) is 52.3 Å². The lowest BCUT2D eigenvalue weighted by Gasteiger charge is -2.19. The number of nitrogens with zero attached hydrogens (tertiary/aromatic N) is 1. The number of rotatable bonds is 6. The highest BCUT2D eigenvalue weighted by atomic mass is 16.5. The number of aliphatic hydroxyl groups excluding tert-OH is 1. The number of carbonyl (C=O) groups excluding carboxylic acids is 1. The maximum Gasteiger partial charge on any atom is 0.258 e. The van der Waals surface area contributed by atoms with E-state index in [0.717, 1.165) is 16.5 Å². The van der Waals surface area contributed by atoms with E-state index in [1.165, 1.54) is 5.56 Å². The Balaban J connectivity index is 1.49. The summed E-state index contributed by atoms with van der Waals surface area (Å²) < 4.78 is 7.56. The van der Waals surface area contributed by atoms with Crippen molar-refractivity contribution >= 4 is 16.8 Å². The largest absolute Gasteiger partial charge is 0.484 e. The van der Waals surface area contributed by atoms with Crippen LogP contribution >= 0.6 is 0 Å². The first kappa shape index (κ1) is 20.0. The van der Waals surface area contributed by atoms with Gasteiger partial charge in [0.2, 0.25) is 0 Å². The van der Waals surface area contributed by atoms with Gasteiger partial charge in [-0.1, -0.05) is 39.0 Å². The topological polar surface area (TPSA) is 63.5 Å². The smallest absolute Gasteiger partial charge is 0.258 e. The van der Waals surface area contributed by atoms with Gasteiger partial charge in [-0.3, -0.25) is 4.79 Å². The molecule has 0 spiro atoms. The molecule has 3 aromatic rings. The molecule has 3 rings (SSSR count). The third-order valence-corrected chi connectivity index (χ3v) is 4.88. The summed E-state index contributed by atoms with van der Waals surface area (Å²) in [6, 6.07) is 15.6. The number of ether oxygens (including phenoxy) is 1. The van der Waals surface area contributed by atoms with Crippen LogP contribution in [0.15, 0.2) is 54.7 Å². The minimum Gasteiger partial charge on any atom is -0.484 e. The Hall–Kier alpha value is -2.79. The molecule has 0 aliphatic carbocycles. The van der Waals surface area contributed by atoms with Gasteiger partial charge in [-0.15, -0.1) is 0 Å². The fraction of sp³-hybridized carbons (Fsp3) is 0.348. The number of amides is 1. The molecule has 1 heterocycles. The molecule has 0 bridgehead atoms. The lowest BCUT2D eigenvalue weighted by atomic mass is 9.87. The molecule has 2 aromatic carbocycles. The number of hydrogen-bond donors (Lipinski definition) is 2. The van der Waals surface area contributed by atoms with Crippen LogP contribution < -0.4 is 10.1 Å². The molecule has 1 aromatic heterocycles. The first-order chi connectivity index (χ1) is 13.2. The van der Waals surface area contributed by atoms with Gasteiger partial charge in [0.1, 0.15) is 5.75 Å². The molecule has 1 atom stereocenters. The average Bonchev–Trinajstić information content (AvgIpc) is 3.04. The summed E-state index contributed by atoms with van der Waals surface area (Å²) in [5.74, 6) is 0.387. The van der Waals surface area contributed by atoms with Crippen molar-refractivity contribution in [3.8, 4) is 5.75 Å². The highest BCUT2D eigenvalue weighted by Gasteiger charge is 2.14. The maximum absolute atomic E-state index is 12.0. The lowest BCUT2D eigenvalue weighted by molar-refractivity contribution is -0.123. The summed E-state index contributed by atoms with van der Waals surface area (Å²) in [7, 11) is 1.98. The van der Waals surface area contributed by atoms with Crippen molar-refractivity contribution in [2.24, 2.45) is 7.05 Å². The second kappa shape index (κ2) is 8.07. The number of fused-ring (bicyclic) bond motifs is 1. The molecule has 2 N–H and O–H groups in total. The van der Waals surface area contributed by atoms with Crippen LogP contribution in [0.1, 0.15) is 38.0 Å². The second-order valence-electron chi connectivity index (χ2n) is 8.13. The molecule has 28 heavy (non-hydrogen) atoms. The molecule has 148 valence electrons. The molecule has 0 saturated heterocycles. The van der Waals surface area contributed by atoms with E-state index in [1.54, 1.807) is 0 Å². The molecule has 5 heteroatoms. The van der Waals surface area contributed by atoms with Gasteiger partial charge < -0.3 is 19.7 Å². The van der Waals surface area contributed by atoms with Crippen LogP contribution in [0.5, 0.6) is 5.75 Å². The Morgan fingerprint density at radius 1 is 1.14 bits per heavy atom. The zero-order valence-electron chi connectivity index (χ0n) is 16.9. The number of hydrogen-bond acceptors (Lipinski definition) is 3. The number of carbonyl (C=O) groups is 1. The van der Waals surface area contributed by atoms with Crippen LogP contribution in [-0.4, -0.2) is 28.7 Å². The van der Waals surface area contributed by atoms with Gasteiger partial charge >= 0.3 is 0 Å². The van der Waals surface area contributed by atoms with E-state index in [2.05, 4.69) is 26.1 Å². The molecule has 1 amide bonds. The van der Waals surface area contributed by atoms with Gasteiger partial charge in [0.25, 0.3) is 5.91 Å². The summed E-state index contributed by atoms with van der Waals surface area (Å²) in [4.78, 5) is 12.0. The summed E-state index contributed by atoms with van der Waals surface area (Å²) in [5.41, 5.74) is 3.17. The first-order valence-electron chi connectivity index (χ1n) is 9.47. The number of benzene rings is 2. The van der Waals surface area contributed by atoms with Crippen LogP contribution in [-0.2, 0) is 17.3 Å². The van der Waals surface area contributed by atoms with Crippen LogP contribution in [0.4, 0.5) is 0 Å². The van der Waals surface area contributed by atoms with Gasteiger partial charge in [0, 0.05) is 25.3 Å². The molecule has 0 aliphatic heterocycles. The third-order valence-electron chi connectivity index (χ3n) is 4.88. The predicted molar refractivity (Wildman–Crippen MR) is 112 cm³/mol. The van der Waals surface area contributed by atoms with E-state index in [4.69, 9.17) is 4.74 Å². The summed E-state index contributed by atoms with van der Waals surface area (Å²) in [5, 5.41) is 14.1. The Bertz CT molecular complexity index is 952. The molecule has 0 fully saturated rings. The first-order valence-corrected chi connectivity index (χ1v) is 9.47. The molecule has 0 radical (unpaired) electrons. The van der Waals surface area contributed by atoms with E-state index in [1.807, 2.05) is 66.3 Å². The van der Waals surface area contributed by atoms with Gasteiger partial charge in [0.05, 0.1) is 6.10 Å². The molecule has 5 nitrogen and oxygen atoms in total. The van der Waals surface area contributed by atoms with Gasteiger partial charge in [0.15, 0.2) is 6.61 Å². The molecular weight excluding hydrogens is 352 g/mol. The normalized spacial score (nSPS) is 12.8. The monoisotopic (exact) mass is 380 g/mol. The molecule has 1 unspecified atom stereocenters. The summed E-state index contributed by atoms with van der Waals surface area (Å²) in [6.07, 6.45) is 1.22. The fourth-order valence-corrected chi connectivity index (χ4v) is 3.09. The summed E-state index contributed by atoms with van der Waals surface area (Å²) >= 11 is 0. The minimum absolute atomic E-state index is 0.0782. The highest BCUT2D eigenvalue weighted by molar-refractivity contribution is 5.81.